The number of carbonyl (C=O) groups is 1. The molecule has 0 spiro atoms. The molecule has 3 aliphatic rings. The Morgan fingerprint density at radius 1 is 1.06 bits per heavy atom. The SMILES string of the molecule is CCN1CCC(C2=CN3C(=O)C=C(c4ccc(OC)c(OC)c4)C(C)CC=C3C=C2)CC1. The molecule has 4 rings (SSSR count). The molecule has 3 aliphatic heterocycles. The number of hydrogen-bond acceptors (Lipinski definition) is 4. The Labute approximate surface area is 191 Å². The first-order chi connectivity index (χ1) is 15.5. The number of amides is 1. The molecular weight excluding hydrogens is 400 g/mol. The largest absolute Gasteiger partial charge is 0.493 e. The molecule has 3 heterocycles. The molecule has 5 heteroatoms. The van der Waals surface area contributed by atoms with Crippen LogP contribution in [0.1, 0.15) is 38.7 Å². The van der Waals surface area contributed by atoms with Crippen molar-refractivity contribution in [3.63, 3.8) is 0 Å². The number of hydrogen-bond donors (Lipinski definition) is 0. The highest BCUT2D eigenvalue weighted by atomic mass is 16.5. The summed E-state index contributed by atoms with van der Waals surface area (Å²) in [5.41, 5.74) is 4.25. The van der Waals surface area contributed by atoms with E-state index in [1.807, 2.05) is 23.1 Å². The molecular formula is C27H34N2O3. The summed E-state index contributed by atoms with van der Waals surface area (Å²) in [6.45, 7) is 7.76. The fourth-order valence-electron chi connectivity index (χ4n) is 4.86. The van der Waals surface area contributed by atoms with Crippen LogP contribution in [-0.4, -0.2) is 49.6 Å². The van der Waals surface area contributed by atoms with Crippen LogP contribution in [-0.2, 0) is 4.79 Å². The van der Waals surface area contributed by atoms with Crippen molar-refractivity contribution in [1.29, 1.82) is 0 Å². The molecule has 0 bridgehead atoms. The Bertz CT molecular complexity index is 981. The van der Waals surface area contributed by atoms with Gasteiger partial charge >= 0.3 is 0 Å². The number of methoxy groups -OCH3 is 2. The van der Waals surface area contributed by atoms with Gasteiger partial charge in [-0.25, -0.2) is 0 Å². The summed E-state index contributed by atoms with van der Waals surface area (Å²) in [6.07, 6.45) is 13.5. The maximum Gasteiger partial charge on any atom is 0.255 e. The lowest BCUT2D eigenvalue weighted by Gasteiger charge is -2.34. The van der Waals surface area contributed by atoms with Crippen LogP contribution in [0.25, 0.3) is 5.57 Å². The van der Waals surface area contributed by atoms with Crippen LogP contribution in [0, 0.1) is 11.8 Å². The second kappa shape index (κ2) is 9.78. The van der Waals surface area contributed by atoms with Gasteiger partial charge in [0.1, 0.15) is 0 Å². The van der Waals surface area contributed by atoms with Gasteiger partial charge in [-0.05, 0) is 85.7 Å². The van der Waals surface area contributed by atoms with Gasteiger partial charge in [0, 0.05) is 18.0 Å². The number of rotatable bonds is 5. The molecule has 0 radical (unpaired) electrons. The predicted octanol–water partition coefficient (Wildman–Crippen LogP) is 5.03. The predicted molar refractivity (Wildman–Crippen MR) is 128 cm³/mol. The lowest BCUT2D eigenvalue weighted by Crippen LogP contribution is -2.35. The molecule has 1 aromatic carbocycles. The number of nitrogens with zero attached hydrogens (tertiary/aromatic N) is 2. The quantitative estimate of drug-likeness (QED) is 0.652. The Hall–Kier alpha value is -2.79. The summed E-state index contributed by atoms with van der Waals surface area (Å²) >= 11 is 0. The van der Waals surface area contributed by atoms with Crippen molar-refractivity contribution in [2.24, 2.45) is 11.8 Å². The van der Waals surface area contributed by atoms with E-state index in [9.17, 15) is 4.79 Å². The van der Waals surface area contributed by atoms with E-state index in [1.54, 1.807) is 20.3 Å². The van der Waals surface area contributed by atoms with Gasteiger partial charge in [-0.1, -0.05) is 32.1 Å². The van der Waals surface area contributed by atoms with Gasteiger partial charge in [0.05, 0.1) is 14.2 Å². The van der Waals surface area contributed by atoms with Gasteiger partial charge in [-0.2, -0.15) is 0 Å². The first kappa shape index (κ1) is 22.4. The highest BCUT2D eigenvalue weighted by Crippen LogP contribution is 2.36. The molecule has 1 saturated heterocycles. The monoisotopic (exact) mass is 434 g/mol. The molecule has 1 atom stereocenters. The maximum absolute atomic E-state index is 13.4. The van der Waals surface area contributed by atoms with E-state index in [0.29, 0.717) is 17.4 Å². The van der Waals surface area contributed by atoms with E-state index < -0.39 is 0 Å². The molecule has 32 heavy (non-hydrogen) atoms. The Balaban J connectivity index is 1.61. The average Bonchev–Trinajstić information content (AvgIpc) is 2.84. The summed E-state index contributed by atoms with van der Waals surface area (Å²) in [6, 6.07) is 5.86. The van der Waals surface area contributed by atoms with Gasteiger partial charge in [0.25, 0.3) is 5.91 Å². The summed E-state index contributed by atoms with van der Waals surface area (Å²) < 4.78 is 10.9. The maximum atomic E-state index is 13.4. The minimum atomic E-state index is 0.000397. The third-order valence-corrected chi connectivity index (χ3v) is 6.95. The molecule has 0 aromatic heterocycles. The van der Waals surface area contributed by atoms with E-state index >= 15 is 0 Å². The van der Waals surface area contributed by atoms with Crippen molar-refractivity contribution in [2.75, 3.05) is 33.9 Å². The molecule has 1 amide bonds. The van der Waals surface area contributed by atoms with Crippen LogP contribution in [0.2, 0.25) is 0 Å². The second-order valence-electron chi connectivity index (χ2n) is 8.81. The van der Waals surface area contributed by atoms with Crippen molar-refractivity contribution >= 4 is 11.5 Å². The first-order valence-corrected chi connectivity index (χ1v) is 11.6. The number of fused-ring (bicyclic) bond motifs is 1. The molecule has 170 valence electrons. The van der Waals surface area contributed by atoms with Crippen molar-refractivity contribution in [3.8, 4) is 11.5 Å². The zero-order chi connectivity index (χ0) is 22.7. The number of ether oxygens (including phenoxy) is 2. The zero-order valence-electron chi connectivity index (χ0n) is 19.6. The minimum absolute atomic E-state index is 0.000397. The minimum Gasteiger partial charge on any atom is -0.493 e. The Morgan fingerprint density at radius 3 is 2.50 bits per heavy atom. The third kappa shape index (κ3) is 4.53. The Morgan fingerprint density at radius 2 is 1.81 bits per heavy atom. The summed E-state index contributed by atoms with van der Waals surface area (Å²) in [7, 11) is 3.26. The van der Waals surface area contributed by atoms with Crippen molar-refractivity contribution in [1.82, 2.24) is 9.80 Å². The average molecular weight is 435 g/mol. The molecule has 1 unspecified atom stereocenters. The first-order valence-electron chi connectivity index (χ1n) is 11.6. The molecule has 1 aromatic rings. The Kier molecular flexibility index (Phi) is 6.85. The van der Waals surface area contributed by atoms with E-state index in [4.69, 9.17) is 9.47 Å². The fourth-order valence-corrected chi connectivity index (χ4v) is 4.86. The van der Waals surface area contributed by atoms with Gasteiger partial charge in [0.15, 0.2) is 11.5 Å². The van der Waals surface area contributed by atoms with Crippen LogP contribution in [0.5, 0.6) is 11.5 Å². The van der Waals surface area contributed by atoms with Crippen molar-refractivity contribution in [2.45, 2.75) is 33.1 Å². The normalized spacial score (nSPS) is 22.4. The van der Waals surface area contributed by atoms with Crippen LogP contribution < -0.4 is 9.47 Å². The topological polar surface area (TPSA) is 42.0 Å². The van der Waals surface area contributed by atoms with Crippen LogP contribution in [0.4, 0.5) is 0 Å². The van der Waals surface area contributed by atoms with Gasteiger partial charge in [0.2, 0.25) is 0 Å². The number of piperidine rings is 1. The second-order valence-corrected chi connectivity index (χ2v) is 8.81. The number of likely N-dealkylation sites (tertiary alicyclic amines) is 1. The molecule has 0 N–H and O–H groups in total. The molecule has 0 saturated carbocycles. The van der Waals surface area contributed by atoms with Gasteiger partial charge in [-0.15, -0.1) is 0 Å². The number of benzene rings is 1. The number of allylic oxidation sites excluding steroid dienone is 5. The van der Waals surface area contributed by atoms with Gasteiger partial charge < -0.3 is 14.4 Å². The van der Waals surface area contributed by atoms with E-state index in [2.05, 4.69) is 43.2 Å². The lowest BCUT2D eigenvalue weighted by molar-refractivity contribution is -0.122. The van der Waals surface area contributed by atoms with Crippen molar-refractivity contribution in [3.05, 3.63) is 65.5 Å². The summed E-state index contributed by atoms with van der Waals surface area (Å²) in [5, 5.41) is 0. The zero-order valence-corrected chi connectivity index (χ0v) is 19.6. The fraction of sp³-hybridized carbons (Fsp3) is 0.444. The van der Waals surface area contributed by atoms with Gasteiger partial charge in [-0.3, -0.25) is 9.69 Å². The molecule has 1 fully saturated rings. The van der Waals surface area contributed by atoms with Crippen LogP contribution in [0.15, 0.2) is 60.0 Å². The van der Waals surface area contributed by atoms with E-state index in [0.717, 1.165) is 55.7 Å². The highest BCUT2D eigenvalue weighted by Gasteiger charge is 2.26. The summed E-state index contributed by atoms with van der Waals surface area (Å²) in [5.74, 6) is 2.09. The lowest BCUT2D eigenvalue weighted by atomic mass is 9.86. The standard InChI is InChI=1S/C27H34N2O3/c1-5-28-14-12-20(13-15-28)22-7-10-23-9-6-19(2)24(17-27(30)29(23)18-22)21-8-11-25(31-3)26(16-21)32-4/h7-11,16-20H,5-6,12-15H2,1-4H3. The highest BCUT2D eigenvalue weighted by molar-refractivity contribution is 5.98. The number of carbonyl (C=O) groups excluding carboxylic acids is 1. The van der Waals surface area contributed by atoms with E-state index in [-0.39, 0.29) is 11.8 Å². The molecule has 0 aliphatic carbocycles. The smallest absolute Gasteiger partial charge is 0.255 e. The van der Waals surface area contributed by atoms with Crippen molar-refractivity contribution < 1.29 is 14.3 Å². The van der Waals surface area contributed by atoms with E-state index in [1.165, 1.54) is 5.57 Å². The molecule has 5 nitrogen and oxygen atoms in total. The third-order valence-electron chi connectivity index (χ3n) is 6.95. The van der Waals surface area contributed by atoms with Crippen LogP contribution >= 0.6 is 0 Å². The van der Waals surface area contributed by atoms with Crippen LogP contribution in [0.3, 0.4) is 0 Å². The summed E-state index contributed by atoms with van der Waals surface area (Å²) in [4.78, 5) is 17.7.